The highest BCUT2D eigenvalue weighted by atomic mass is 16.9. The molecule has 0 aromatic rings. The molecular formula is C32H69NO6. The molecule has 0 aromatic heterocycles. The fourth-order valence-electron chi connectivity index (χ4n) is 5.25. The molecule has 0 radical (unpaired) electrons. The molecule has 0 bridgehead atoms. The molecule has 2 N–H and O–H groups in total. The Bertz CT molecular complexity index is 475. The van der Waals surface area contributed by atoms with Gasteiger partial charge in [-0.1, -0.05) is 90.9 Å². The highest BCUT2D eigenvalue weighted by Gasteiger charge is 2.40. The Morgan fingerprint density at radius 3 is 1.36 bits per heavy atom. The average molecular weight is 564 g/mol. The second-order valence-corrected chi connectivity index (χ2v) is 10.6. The van der Waals surface area contributed by atoms with Gasteiger partial charge in [-0.3, -0.25) is 0 Å². The van der Waals surface area contributed by atoms with Crippen molar-refractivity contribution in [3.8, 4) is 0 Å². The van der Waals surface area contributed by atoms with E-state index in [1.807, 2.05) is 13.8 Å². The van der Waals surface area contributed by atoms with E-state index in [0.717, 1.165) is 32.2 Å². The average Bonchev–Trinajstić information content (AvgIpc) is 2.94. The van der Waals surface area contributed by atoms with Gasteiger partial charge in [0, 0.05) is 47.6 Å². The van der Waals surface area contributed by atoms with Crippen molar-refractivity contribution in [1.29, 1.82) is 0 Å². The zero-order valence-electron chi connectivity index (χ0n) is 27.6. The molecule has 0 saturated heterocycles. The van der Waals surface area contributed by atoms with Gasteiger partial charge in [-0.2, -0.15) is 0 Å². The summed E-state index contributed by atoms with van der Waals surface area (Å²) in [5, 5.41) is 0. The first kappa shape index (κ1) is 40.9. The number of hydrogen-bond acceptors (Lipinski definition) is 7. The SMILES string of the molecule is CCCCCCCCC(CCCN)C(C)(OCC)OCC.CCCCCCCCC(OC)C(OC)(OC)OC. The third-order valence-corrected chi connectivity index (χ3v) is 7.62. The second kappa shape index (κ2) is 27.9. The van der Waals surface area contributed by atoms with Crippen molar-refractivity contribution in [1.82, 2.24) is 0 Å². The van der Waals surface area contributed by atoms with E-state index in [0.29, 0.717) is 19.1 Å². The van der Waals surface area contributed by atoms with Crippen LogP contribution in [0.25, 0.3) is 0 Å². The molecule has 7 heteroatoms. The molecule has 2 atom stereocenters. The fourth-order valence-corrected chi connectivity index (χ4v) is 5.25. The molecular weight excluding hydrogens is 494 g/mol. The van der Waals surface area contributed by atoms with Crippen LogP contribution in [-0.4, -0.2) is 66.1 Å². The molecule has 0 aliphatic carbocycles. The van der Waals surface area contributed by atoms with Crippen molar-refractivity contribution >= 4 is 0 Å². The zero-order chi connectivity index (χ0) is 29.8. The van der Waals surface area contributed by atoms with Crippen LogP contribution in [0.1, 0.15) is 137 Å². The van der Waals surface area contributed by atoms with Crippen molar-refractivity contribution in [3.63, 3.8) is 0 Å². The molecule has 238 valence electrons. The van der Waals surface area contributed by atoms with E-state index in [4.69, 9.17) is 34.2 Å². The van der Waals surface area contributed by atoms with Crippen molar-refractivity contribution in [3.05, 3.63) is 0 Å². The van der Waals surface area contributed by atoms with E-state index < -0.39 is 11.8 Å². The van der Waals surface area contributed by atoms with Gasteiger partial charge in [-0.15, -0.1) is 0 Å². The molecule has 0 aromatic carbocycles. The van der Waals surface area contributed by atoms with Crippen molar-refractivity contribution in [2.75, 3.05) is 48.2 Å². The topological polar surface area (TPSA) is 81.4 Å². The first-order valence-electron chi connectivity index (χ1n) is 16.0. The Balaban J connectivity index is 0. The van der Waals surface area contributed by atoms with Crippen LogP contribution in [-0.2, 0) is 28.4 Å². The lowest BCUT2D eigenvalue weighted by atomic mass is 9.88. The Labute approximate surface area is 243 Å². The summed E-state index contributed by atoms with van der Waals surface area (Å²) in [6.07, 6.45) is 19.5. The summed E-state index contributed by atoms with van der Waals surface area (Å²) in [5.41, 5.74) is 5.70. The first-order valence-corrected chi connectivity index (χ1v) is 16.0. The minimum Gasteiger partial charge on any atom is -0.373 e. The minimum absolute atomic E-state index is 0.205. The Hall–Kier alpha value is -0.280. The van der Waals surface area contributed by atoms with Gasteiger partial charge < -0.3 is 34.2 Å². The van der Waals surface area contributed by atoms with E-state index in [9.17, 15) is 0 Å². The molecule has 0 amide bonds. The normalized spacial score (nSPS) is 13.7. The summed E-state index contributed by atoms with van der Waals surface area (Å²) in [7, 11) is 6.37. The summed E-state index contributed by atoms with van der Waals surface area (Å²) in [5.74, 6) is -1.08. The summed E-state index contributed by atoms with van der Waals surface area (Å²) < 4.78 is 33.3. The number of rotatable bonds is 27. The summed E-state index contributed by atoms with van der Waals surface area (Å²) in [6.45, 7) is 12.8. The van der Waals surface area contributed by atoms with E-state index in [2.05, 4.69) is 20.8 Å². The van der Waals surface area contributed by atoms with Crippen molar-refractivity contribution in [2.24, 2.45) is 11.7 Å². The van der Waals surface area contributed by atoms with Gasteiger partial charge in [-0.25, -0.2) is 0 Å². The third-order valence-electron chi connectivity index (χ3n) is 7.62. The number of ether oxygens (including phenoxy) is 6. The molecule has 2 unspecified atom stereocenters. The number of methoxy groups -OCH3 is 4. The lowest BCUT2D eigenvalue weighted by Crippen LogP contribution is -2.48. The smallest absolute Gasteiger partial charge is 0.310 e. The maximum absolute atomic E-state index is 5.96. The number of hydrogen-bond donors (Lipinski definition) is 1. The van der Waals surface area contributed by atoms with Gasteiger partial charge in [0.25, 0.3) is 0 Å². The molecule has 0 heterocycles. The van der Waals surface area contributed by atoms with Gasteiger partial charge in [0.15, 0.2) is 5.79 Å². The first-order chi connectivity index (χ1) is 18.8. The Kier molecular flexibility index (Phi) is 29.2. The van der Waals surface area contributed by atoms with Crippen LogP contribution >= 0.6 is 0 Å². The lowest BCUT2D eigenvalue weighted by molar-refractivity contribution is -0.392. The third kappa shape index (κ3) is 18.7. The van der Waals surface area contributed by atoms with Gasteiger partial charge >= 0.3 is 5.97 Å². The summed E-state index contributed by atoms with van der Waals surface area (Å²) in [6, 6.07) is 0. The molecule has 0 aliphatic rings. The summed E-state index contributed by atoms with van der Waals surface area (Å²) >= 11 is 0. The monoisotopic (exact) mass is 564 g/mol. The Morgan fingerprint density at radius 1 is 0.564 bits per heavy atom. The van der Waals surface area contributed by atoms with Crippen LogP contribution < -0.4 is 5.73 Å². The predicted molar refractivity (Wildman–Crippen MR) is 164 cm³/mol. The van der Waals surface area contributed by atoms with Crippen LogP contribution in [0.15, 0.2) is 0 Å². The van der Waals surface area contributed by atoms with E-state index >= 15 is 0 Å². The van der Waals surface area contributed by atoms with E-state index in [-0.39, 0.29) is 6.10 Å². The van der Waals surface area contributed by atoms with Gasteiger partial charge in [0.1, 0.15) is 6.10 Å². The standard InChI is InChI=1S/C18H39NO2.C14H30O4/c1-5-8-9-10-11-12-14-17(15-13-16-19)18(4,20-6-2)21-7-3;1-6-7-8-9-10-11-12-13(15-2)14(16-3,17-4)18-5/h17H,5-16,19H2,1-4H3;13H,6-12H2,1-5H3. The lowest BCUT2D eigenvalue weighted by Gasteiger charge is -2.37. The van der Waals surface area contributed by atoms with Crippen molar-refractivity contribution < 1.29 is 28.4 Å². The van der Waals surface area contributed by atoms with E-state index in [1.54, 1.807) is 28.4 Å². The summed E-state index contributed by atoms with van der Waals surface area (Å²) in [4.78, 5) is 0. The number of nitrogens with two attached hydrogens (primary N) is 1. The molecule has 7 nitrogen and oxygen atoms in total. The van der Waals surface area contributed by atoms with Crippen LogP contribution in [0.2, 0.25) is 0 Å². The van der Waals surface area contributed by atoms with Crippen LogP contribution in [0.3, 0.4) is 0 Å². The predicted octanol–water partition coefficient (Wildman–Crippen LogP) is 8.23. The van der Waals surface area contributed by atoms with Crippen LogP contribution in [0, 0.1) is 5.92 Å². The molecule has 0 aliphatic heterocycles. The van der Waals surface area contributed by atoms with Gasteiger partial charge in [-0.05, 0) is 53.0 Å². The maximum atomic E-state index is 5.96. The highest BCUT2D eigenvalue weighted by Crippen LogP contribution is 2.32. The molecule has 0 saturated carbocycles. The van der Waals surface area contributed by atoms with E-state index in [1.165, 1.54) is 77.0 Å². The van der Waals surface area contributed by atoms with Crippen molar-refractivity contribution in [2.45, 2.75) is 155 Å². The molecule has 0 spiro atoms. The number of unbranched alkanes of at least 4 members (excludes halogenated alkanes) is 10. The van der Waals surface area contributed by atoms with Crippen LogP contribution in [0.5, 0.6) is 0 Å². The highest BCUT2D eigenvalue weighted by molar-refractivity contribution is 4.76. The quantitative estimate of drug-likeness (QED) is 0.0796. The minimum atomic E-state index is -1.09. The largest absolute Gasteiger partial charge is 0.373 e. The fraction of sp³-hybridized carbons (Fsp3) is 1.00. The van der Waals surface area contributed by atoms with Gasteiger partial charge in [0.05, 0.1) is 0 Å². The molecule has 0 rings (SSSR count). The molecule has 0 fully saturated rings. The van der Waals surface area contributed by atoms with Gasteiger partial charge in [0.2, 0.25) is 0 Å². The molecule has 39 heavy (non-hydrogen) atoms. The maximum Gasteiger partial charge on any atom is 0.310 e. The zero-order valence-corrected chi connectivity index (χ0v) is 27.6. The van der Waals surface area contributed by atoms with Crippen LogP contribution in [0.4, 0.5) is 0 Å². The second-order valence-electron chi connectivity index (χ2n) is 10.6. The Morgan fingerprint density at radius 2 is 0.974 bits per heavy atom.